The quantitative estimate of drug-likeness (QED) is 0.225. The second kappa shape index (κ2) is 8.89. The van der Waals surface area contributed by atoms with Gasteiger partial charge in [-0.25, -0.2) is 9.59 Å². The van der Waals surface area contributed by atoms with Crippen molar-refractivity contribution in [1.29, 1.82) is 0 Å². The molecule has 0 saturated heterocycles. The molecule has 0 aliphatic heterocycles. The molecule has 0 spiro atoms. The van der Waals surface area contributed by atoms with Gasteiger partial charge in [0.1, 0.15) is 22.7 Å². The Balaban J connectivity index is 1.51. The average molecular weight is 443 g/mol. The van der Waals surface area contributed by atoms with Crippen molar-refractivity contribution >= 4 is 43.5 Å². The predicted octanol–water partition coefficient (Wildman–Crippen LogP) is 5.00. The molecule has 0 radical (unpaired) electrons. The van der Waals surface area contributed by atoms with Crippen LogP contribution in [0.25, 0.3) is 21.9 Å². The Morgan fingerprint density at radius 1 is 0.700 bits per heavy atom. The van der Waals surface area contributed by atoms with Crippen LogP contribution in [0.1, 0.15) is 11.1 Å². The molecule has 0 amide bonds. The van der Waals surface area contributed by atoms with E-state index in [1.54, 1.807) is 47.9 Å². The van der Waals surface area contributed by atoms with Crippen molar-refractivity contribution in [3.8, 4) is 11.5 Å². The molecule has 4 rings (SSSR count). The molecule has 6 nitrogen and oxygen atoms in total. The topological polar surface area (TPSA) is 78.9 Å². The Kier molecular flexibility index (Phi) is 6.06. The van der Waals surface area contributed by atoms with Gasteiger partial charge in [-0.2, -0.15) is 0 Å². The summed E-state index contributed by atoms with van der Waals surface area (Å²) in [4.78, 5) is 23.8. The van der Waals surface area contributed by atoms with Crippen LogP contribution in [0.5, 0.6) is 11.5 Å². The van der Waals surface area contributed by atoms with Gasteiger partial charge in [0.25, 0.3) is 0 Å². The average Bonchev–Trinajstić information content (AvgIpc) is 2.75. The van der Waals surface area contributed by atoms with Gasteiger partial charge in [0.2, 0.25) is 0 Å². The minimum Gasteiger partial charge on any atom is -0.497 e. The number of methoxy groups -OCH3 is 2. The zero-order valence-corrected chi connectivity index (χ0v) is 17.9. The largest absolute Gasteiger partial charge is 0.497 e. The van der Waals surface area contributed by atoms with Crippen LogP contribution in [0, 0.1) is 0 Å². The predicted molar refractivity (Wildman–Crippen MR) is 121 cm³/mol. The first-order valence-corrected chi connectivity index (χ1v) is 11.5. The molecule has 0 aliphatic rings. The van der Waals surface area contributed by atoms with Crippen LogP contribution in [0.4, 0.5) is 0 Å². The van der Waals surface area contributed by atoms with Crippen molar-refractivity contribution in [1.82, 2.24) is 0 Å². The van der Waals surface area contributed by atoms with Gasteiger partial charge in [-0.3, -0.25) is 0 Å². The van der Waals surface area contributed by atoms with Gasteiger partial charge in [-0.1, -0.05) is 21.6 Å². The standard InChI is InChI=1S/C22H18O6S2/c1-25-15-3-5-17-13(7-21(23)27-19(17)9-15)11-29-30-12-14-8-22(24)28-20-10-16(26-2)4-6-18(14)20/h3-10H,11-12H2,1-2H3. The highest BCUT2D eigenvalue weighted by molar-refractivity contribution is 8.76. The van der Waals surface area contributed by atoms with Crippen molar-refractivity contribution in [2.75, 3.05) is 14.2 Å². The van der Waals surface area contributed by atoms with Crippen LogP contribution in [-0.2, 0) is 11.5 Å². The van der Waals surface area contributed by atoms with Crippen molar-refractivity contribution in [3.05, 3.63) is 80.5 Å². The smallest absolute Gasteiger partial charge is 0.336 e. The van der Waals surface area contributed by atoms with Crippen LogP contribution in [0.15, 0.2) is 67.0 Å². The minimum atomic E-state index is -0.392. The lowest BCUT2D eigenvalue weighted by molar-refractivity contribution is 0.414. The second-order valence-corrected chi connectivity index (χ2v) is 8.89. The second-order valence-electron chi connectivity index (χ2n) is 6.43. The molecule has 0 bridgehead atoms. The molecule has 0 unspecified atom stereocenters. The maximum absolute atomic E-state index is 11.9. The summed E-state index contributed by atoms with van der Waals surface area (Å²) in [6.07, 6.45) is 0. The summed E-state index contributed by atoms with van der Waals surface area (Å²) in [5, 5.41) is 1.75. The fourth-order valence-electron chi connectivity index (χ4n) is 3.12. The fraction of sp³-hybridized carbons (Fsp3) is 0.182. The SMILES string of the molecule is COc1ccc2c(CSSCc3cc(=O)oc4cc(OC)ccc34)cc(=O)oc2c1. The number of hydrogen-bond acceptors (Lipinski definition) is 8. The van der Waals surface area contributed by atoms with Crippen LogP contribution in [-0.4, -0.2) is 14.2 Å². The van der Waals surface area contributed by atoms with Gasteiger partial charge in [0, 0.05) is 46.5 Å². The summed E-state index contributed by atoms with van der Waals surface area (Å²) in [7, 11) is 6.35. The van der Waals surface area contributed by atoms with Crippen LogP contribution in [0.3, 0.4) is 0 Å². The third-order valence-electron chi connectivity index (χ3n) is 4.59. The van der Waals surface area contributed by atoms with Crippen LogP contribution < -0.4 is 20.7 Å². The summed E-state index contributed by atoms with van der Waals surface area (Å²) >= 11 is 0. The van der Waals surface area contributed by atoms with Gasteiger partial charge in [-0.15, -0.1) is 0 Å². The summed E-state index contributed by atoms with van der Waals surface area (Å²) in [6.45, 7) is 0. The summed E-state index contributed by atoms with van der Waals surface area (Å²) in [5.74, 6) is 2.51. The molecular formula is C22H18O6S2. The number of hydrogen-bond donors (Lipinski definition) is 0. The number of rotatable bonds is 7. The monoisotopic (exact) mass is 442 g/mol. The number of ether oxygens (including phenoxy) is 2. The minimum absolute atomic E-state index is 0.392. The highest BCUT2D eigenvalue weighted by Crippen LogP contribution is 2.34. The lowest BCUT2D eigenvalue weighted by Gasteiger charge is -2.08. The van der Waals surface area contributed by atoms with Crippen LogP contribution in [0.2, 0.25) is 0 Å². The van der Waals surface area contributed by atoms with E-state index in [9.17, 15) is 9.59 Å². The van der Waals surface area contributed by atoms with Crippen LogP contribution >= 0.6 is 21.6 Å². The lowest BCUT2D eigenvalue weighted by Crippen LogP contribution is -2.00. The van der Waals surface area contributed by atoms with E-state index in [1.807, 2.05) is 24.3 Å². The Morgan fingerprint density at radius 3 is 1.53 bits per heavy atom. The fourth-order valence-corrected chi connectivity index (χ4v) is 5.28. The van der Waals surface area contributed by atoms with Gasteiger partial charge in [0.05, 0.1) is 14.2 Å². The van der Waals surface area contributed by atoms with E-state index in [-0.39, 0.29) is 0 Å². The van der Waals surface area contributed by atoms with E-state index >= 15 is 0 Å². The third-order valence-corrected chi connectivity index (χ3v) is 6.82. The molecule has 30 heavy (non-hydrogen) atoms. The molecule has 2 heterocycles. The molecule has 0 aliphatic carbocycles. The van der Waals surface area contributed by atoms with Crippen molar-refractivity contribution in [2.24, 2.45) is 0 Å². The highest BCUT2D eigenvalue weighted by atomic mass is 33.1. The maximum Gasteiger partial charge on any atom is 0.336 e. The molecule has 0 saturated carbocycles. The molecule has 8 heteroatoms. The molecule has 2 aromatic heterocycles. The van der Waals surface area contributed by atoms with E-state index < -0.39 is 11.3 Å². The molecule has 0 fully saturated rings. The summed E-state index contributed by atoms with van der Waals surface area (Å²) < 4.78 is 21.0. The van der Waals surface area contributed by atoms with Crippen molar-refractivity contribution in [2.45, 2.75) is 11.5 Å². The maximum atomic E-state index is 11.9. The third kappa shape index (κ3) is 4.34. The van der Waals surface area contributed by atoms with E-state index in [0.29, 0.717) is 34.2 Å². The molecule has 2 aromatic carbocycles. The Morgan fingerprint density at radius 2 is 1.13 bits per heavy atom. The highest BCUT2D eigenvalue weighted by Gasteiger charge is 2.10. The first-order chi connectivity index (χ1) is 14.6. The van der Waals surface area contributed by atoms with Crippen molar-refractivity contribution < 1.29 is 18.3 Å². The van der Waals surface area contributed by atoms with Gasteiger partial charge >= 0.3 is 11.3 Å². The van der Waals surface area contributed by atoms with E-state index in [2.05, 4.69) is 0 Å². The summed E-state index contributed by atoms with van der Waals surface area (Å²) in [5.41, 5.74) is 2.01. The Labute approximate surface area is 179 Å². The van der Waals surface area contributed by atoms with Crippen molar-refractivity contribution in [3.63, 3.8) is 0 Å². The van der Waals surface area contributed by atoms with E-state index in [0.717, 1.165) is 21.9 Å². The van der Waals surface area contributed by atoms with Gasteiger partial charge < -0.3 is 18.3 Å². The number of benzene rings is 2. The van der Waals surface area contributed by atoms with E-state index in [4.69, 9.17) is 18.3 Å². The number of fused-ring (bicyclic) bond motifs is 2. The first kappa shape index (κ1) is 20.4. The lowest BCUT2D eigenvalue weighted by atomic mass is 10.1. The molecule has 154 valence electrons. The Bertz CT molecular complexity index is 1220. The summed E-state index contributed by atoms with van der Waals surface area (Å²) in [6, 6.07) is 13.9. The molecule has 0 atom stereocenters. The molecular weight excluding hydrogens is 424 g/mol. The zero-order valence-electron chi connectivity index (χ0n) is 16.3. The van der Waals surface area contributed by atoms with Gasteiger partial charge in [0.15, 0.2) is 0 Å². The molecule has 0 N–H and O–H groups in total. The first-order valence-electron chi connectivity index (χ1n) is 9.03. The molecule has 4 aromatic rings. The normalized spacial score (nSPS) is 11.1. The zero-order chi connectivity index (χ0) is 21.1. The van der Waals surface area contributed by atoms with Gasteiger partial charge in [-0.05, 0) is 35.4 Å². The van der Waals surface area contributed by atoms with E-state index in [1.165, 1.54) is 12.1 Å². The Hall–Kier alpha value is -2.84.